The predicted molar refractivity (Wildman–Crippen MR) is 43.4 cm³/mol. The average molecular weight is 140 g/mol. The number of nitriles is 1. The summed E-state index contributed by atoms with van der Waals surface area (Å²) in [5, 5.41) is 8.46. The maximum atomic E-state index is 8.46. The van der Waals surface area contributed by atoms with Crippen LogP contribution < -0.4 is 0 Å². The summed E-state index contributed by atoms with van der Waals surface area (Å²) >= 11 is 0. The van der Waals surface area contributed by atoms with Crippen molar-refractivity contribution in [2.24, 2.45) is 0 Å². The van der Waals surface area contributed by atoms with Gasteiger partial charge in [0.05, 0.1) is 11.6 Å². The minimum atomic E-state index is 0.652. The van der Waals surface area contributed by atoms with Crippen LogP contribution in [0.1, 0.15) is 11.1 Å². The largest absolute Gasteiger partial charge is 0.192 e. The molecule has 1 heteroatoms. The molecule has 0 aliphatic carbocycles. The summed E-state index contributed by atoms with van der Waals surface area (Å²) < 4.78 is 0. The molecule has 0 unspecified atom stereocenters. The van der Waals surface area contributed by atoms with Crippen molar-refractivity contribution < 1.29 is 0 Å². The molecule has 0 aliphatic rings. The van der Waals surface area contributed by atoms with Crippen LogP contribution in [0.15, 0.2) is 24.3 Å². The molecule has 0 fully saturated rings. The number of hydrogen-bond donors (Lipinski definition) is 0. The maximum absolute atomic E-state index is 8.46. The van der Waals surface area contributed by atoms with Crippen LogP contribution in [-0.2, 0) is 0 Å². The van der Waals surface area contributed by atoms with E-state index in [-0.39, 0.29) is 0 Å². The van der Waals surface area contributed by atoms with Gasteiger partial charge in [-0.15, -0.1) is 0 Å². The molecule has 0 aromatic heterocycles. The van der Waals surface area contributed by atoms with Gasteiger partial charge >= 0.3 is 0 Å². The highest BCUT2D eigenvalue weighted by atomic mass is 14.2. The third-order valence-corrected chi connectivity index (χ3v) is 1.25. The van der Waals surface area contributed by atoms with Gasteiger partial charge in [-0.2, -0.15) is 5.26 Å². The minimum absolute atomic E-state index is 0.652. The number of benzene rings is 1. The lowest BCUT2D eigenvalue weighted by Crippen LogP contribution is -1.75. The summed E-state index contributed by atoms with van der Waals surface area (Å²) in [7, 11) is 0. The van der Waals surface area contributed by atoms with Crippen LogP contribution in [0.5, 0.6) is 0 Å². The fourth-order valence-electron chi connectivity index (χ4n) is 0.730. The highest BCUT2D eigenvalue weighted by molar-refractivity contribution is 5.39. The molecule has 0 spiro atoms. The van der Waals surface area contributed by atoms with Gasteiger partial charge in [-0.05, 0) is 24.3 Å². The first-order valence-electron chi connectivity index (χ1n) is 3.15. The Hall–Kier alpha value is -1.73. The lowest BCUT2D eigenvalue weighted by atomic mass is 10.1. The third-order valence-electron chi connectivity index (χ3n) is 1.25. The van der Waals surface area contributed by atoms with Crippen molar-refractivity contribution in [1.29, 1.82) is 5.26 Å². The monoisotopic (exact) mass is 140 g/mol. The lowest BCUT2D eigenvalue weighted by molar-refractivity contribution is 1.48. The van der Waals surface area contributed by atoms with Gasteiger partial charge in [0.25, 0.3) is 0 Å². The van der Waals surface area contributed by atoms with E-state index in [0.717, 1.165) is 5.56 Å². The molecule has 0 N–H and O–H groups in total. The van der Waals surface area contributed by atoms with Gasteiger partial charge in [0.15, 0.2) is 0 Å². The SMILES string of the molecule is [CH2]C#Cc1ccc(C#N)cc1. The normalized spacial score (nSPS) is 7.64. The molecule has 1 aromatic rings. The molecule has 1 radical (unpaired) electrons. The number of rotatable bonds is 0. The van der Waals surface area contributed by atoms with E-state index in [1.54, 1.807) is 24.3 Å². The molecule has 1 rings (SSSR count). The molecule has 51 valence electrons. The Bertz CT molecular complexity index is 330. The zero-order chi connectivity index (χ0) is 8.10. The van der Waals surface area contributed by atoms with Crippen LogP contribution >= 0.6 is 0 Å². The first-order chi connectivity index (χ1) is 5.36. The van der Waals surface area contributed by atoms with Crippen molar-refractivity contribution in [3.63, 3.8) is 0 Å². The summed E-state index contributed by atoms with van der Waals surface area (Å²) in [6.07, 6.45) is 0. The van der Waals surface area contributed by atoms with E-state index in [9.17, 15) is 0 Å². The Morgan fingerprint density at radius 2 is 1.64 bits per heavy atom. The third kappa shape index (κ3) is 1.85. The van der Waals surface area contributed by atoms with Gasteiger partial charge in [-0.1, -0.05) is 11.8 Å². The van der Waals surface area contributed by atoms with E-state index >= 15 is 0 Å². The summed E-state index contributed by atoms with van der Waals surface area (Å²) in [6, 6.07) is 9.11. The summed E-state index contributed by atoms with van der Waals surface area (Å²) in [6.45, 7) is 3.40. The van der Waals surface area contributed by atoms with E-state index in [1.165, 1.54) is 0 Å². The van der Waals surface area contributed by atoms with Gasteiger partial charge in [0.2, 0.25) is 0 Å². The zero-order valence-electron chi connectivity index (χ0n) is 5.96. The van der Waals surface area contributed by atoms with Crippen molar-refractivity contribution in [3.05, 3.63) is 42.3 Å². The minimum Gasteiger partial charge on any atom is -0.192 e. The van der Waals surface area contributed by atoms with Crippen molar-refractivity contribution >= 4 is 0 Å². The number of hydrogen-bond acceptors (Lipinski definition) is 1. The highest BCUT2D eigenvalue weighted by Gasteiger charge is 1.87. The number of nitrogens with zero attached hydrogens (tertiary/aromatic N) is 1. The Morgan fingerprint density at radius 3 is 2.09 bits per heavy atom. The Labute approximate surface area is 66.3 Å². The molecule has 0 saturated carbocycles. The van der Waals surface area contributed by atoms with Crippen molar-refractivity contribution in [2.75, 3.05) is 0 Å². The molecule has 0 heterocycles. The molecular weight excluding hydrogens is 134 g/mol. The second-order valence-electron chi connectivity index (χ2n) is 1.99. The van der Waals surface area contributed by atoms with Gasteiger partial charge in [0.1, 0.15) is 0 Å². The first kappa shape index (κ1) is 7.38. The van der Waals surface area contributed by atoms with Gasteiger partial charge in [-0.25, -0.2) is 0 Å². The van der Waals surface area contributed by atoms with E-state index in [1.807, 2.05) is 6.07 Å². The summed E-state index contributed by atoms with van der Waals surface area (Å²) in [4.78, 5) is 0. The molecule has 1 nitrogen and oxygen atoms in total. The van der Waals surface area contributed by atoms with E-state index < -0.39 is 0 Å². The van der Waals surface area contributed by atoms with Crippen molar-refractivity contribution in [1.82, 2.24) is 0 Å². The Kier molecular flexibility index (Phi) is 2.31. The predicted octanol–water partition coefficient (Wildman–Crippen LogP) is 1.74. The molecule has 0 amide bonds. The van der Waals surface area contributed by atoms with Crippen LogP contribution in [0, 0.1) is 30.1 Å². The van der Waals surface area contributed by atoms with Crippen LogP contribution in [0.3, 0.4) is 0 Å². The standard InChI is InChI=1S/C10H6N/c1-2-3-9-4-6-10(8-11)7-5-9/h4-7H,1H2. The molecule has 0 bridgehead atoms. The van der Waals surface area contributed by atoms with Gasteiger partial charge in [-0.3, -0.25) is 0 Å². The average Bonchev–Trinajstić information content (AvgIpc) is 2.07. The van der Waals surface area contributed by atoms with E-state index in [2.05, 4.69) is 18.8 Å². The van der Waals surface area contributed by atoms with Gasteiger partial charge in [0, 0.05) is 12.5 Å². The van der Waals surface area contributed by atoms with Crippen LogP contribution in [0.25, 0.3) is 0 Å². The molecule has 1 aromatic carbocycles. The van der Waals surface area contributed by atoms with E-state index in [4.69, 9.17) is 5.26 Å². The van der Waals surface area contributed by atoms with Crippen LogP contribution in [-0.4, -0.2) is 0 Å². The molecule has 0 aliphatic heterocycles. The lowest BCUT2D eigenvalue weighted by Gasteiger charge is -1.88. The quantitative estimate of drug-likeness (QED) is 0.503. The second kappa shape index (κ2) is 3.44. The maximum Gasteiger partial charge on any atom is 0.0991 e. The zero-order valence-corrected chi connectivity index (χ0v) is 5.96. The second-order valence-corrected chi connectivity index (χ2v) is 1.99. The molecule has 0 saturated heterocycles. The Balaban J connectivity index is 3.00. The van der Waals surface area contributed by atoms with Gasteiger partial charge < -0.3 is 0 Å². The smallest absolute Gasteiger partial charge is 0.0991 e. The van der Waals surface area contributed by atoms with Crippen LogP contribution in [0.2, 0.25) is 0 Å². The van der Waals surface area contributed by atoms with Crippen LogP contribution in [0.4, 0.5) is 0 Å². The fourth-order valence-corrected chi connectivity index (χ4v) is 0.730. The van der Waals surface area contributed by atoms with Crippen molar-refractivity contribution in [3.8, 4) is 17.9 Å². The molecule has 11 heavy (non-hydrogen) atoms. The molecule has 0 atom stereocenters. The van der Waals surface area contributed by atoms with Crippen molar-refractivity contribution in [2.45, 2.75) is 0 Å². The van der Waals surface area contributed by atoms with E-state index in [0.29, 0.717) is 5.56 Å². The summed E-state index contributed by atoms with van der Waals surface area (Å²) in [5.74, 6) is 5.33. The topological polar surface area (TPSA) is 23.8 Å². The first-order valence-corrected chi connectivity index (χ1v) is 3.15. The summed E-state index contributed by atoms with van der Waals surface area (Å²) in [5.41, 5.74) is 1.54. The Morgan fingerprint density at radius 1 is 1.09 bits per heavy atom. The highest BCUT2D eigenvalue weighted by Crippen LogP contribution is 2.00. The molecular formula is C10H6N. The fraction of sp³-hybridized carbons (Fsp3) is 0.